The molecule has 0 aliphatic carbocycles. The second kappa shape index (κ2) is 70.8. The van der Waals surface area contributed by atoms with Crippen LogP contribution in [0.1, 0.15) is 168 Å². The SMILES string of the molecule is CCCCCCCCCCNC(=O)CN(CCN(CCN(CC(=O)NCCCCCCCCCC)CC(=O)NCCCOCCOCCOCCCN)CC(=O)NCCCOCCOCCOCCCN)CC(=O)CCCCOCCOCCOCCCN. The standard InChI is InChI=1S/C65H132N10O14/c1-3-5-7-9-11-13-15-18-30-69-63(78)58-74(56-61(76)26-17-20-38-81-44-50-87-51-45-82-39-21-27-66)36-34-73(57-62(77)71-32-24-42-85-48-54-88-52-46-83-40-22-28-67)35-37-75(59-64(79)70-31-19-16-14-12-10-8-6-4-2)60-65(80)72-33-25-43-86-49-55-89-53-47-84-41-23-29-68/h3-60,66-68H2,1-2H3,(H,69,78)(H,70,79)(H,71,77)(H,72,80). The van der Waals surface area contributed by atoms with Crippen molar-refractivity contribution in [2.75, 3.05) is 224 Å². The van der Waals surface area contributed by atoms with Crippen molar-refractivity contribution in [1.29, 1.82) is 0 Å². The van der Waals surface area contributed by atoms with Gasteiger partial charge in [-0.2, -0.15) is 0 Å². The zero-order chi connectivity index (χ0) is 64.8. The van der Waals surface area contributed by atoms with Gasteiger partial charge in [-0.05, 0) is 77.4 Å². The smallest absolute Gasteiger partial charge is 0.234 e. The van der Waals surface area contributed by atoms with E-state index in [9.17, 15) is 24.0 Å². The van der Waals surface area contributed by atoms with Crippen LogP contribution in [0.3, 0.4) is 0 Å². The van der Waals surface area contributed by atoms with Crippen LogP contribution in [0.5, 0.6) is 0 Å². The predicted octanol–water partition coefficient (Wildman–Crippen LogP) is 4.35. The van der Waals surface area contributed by atoms with Crippen molar-refractivity contribution in [3.63, 3.8) is 0 Å². The van der Waals surface area contributed by atoms with Crippen molar-refractivity contribution < 1.29 is 66.6 Å². The Morgan fingerprint density at radius 2 is 0.517 bits per heavy atom. The van der Waals surface area contributed by atoms with Gasteiger partial charge in [0.05, 0.1) is 112 Å². The minimum atomic E-state index is -0.233. The average Bonchev–Trinajstić information content (AvgIpc) is 3.68. The Morgan fingerprint density at radius 3 is 0.843 bits per heavy atom. The van der Waals surface area contributed by atoms with E-state index in [-0.39, 0.29) is 62.1 Å². The van der Waals surface area contributed by atoms with Gasteiger partial charge in [0.25, 0.3) is 0 Å². The molecule has 0 fully saturated rings. The van der Waals surface area contributed by atoms with E-state index in [2.05, 4.69) is 35.1 Å². The Hall–Kier alpha value is -3.05. The maximum Gasteiger partial charge on any atom is 0.234 e. The molecule has 0 saturated heterocycles. The van der Waals surface area contributed by atoms with Gasteiger partial charge in [-0.1, -0.05) is 104 Å². The van der Waals surface area contributed by atoms with Crippen LogP contribution < -0.4 is 38.5 Å². The van der Waals surface area contributed by atoms with Crippen molar-refractivity contribution in [1.82, 2.24) is 36.0 Å². The number of hydrogen-bond acceptors (Lipinski definition) is 20. The second-order valence-corrected chi connectivity index (χ2v) is 22.7. The summed E-state index contributed by atoms with van der Waals surface area (Å²) in [5, 5.41) is 12.2. The van der Waals surface area contributed by atoms with Crippen LogP contribution in [0.4, 0.5) is 0 Å². The lowest BCUT2D eigenvalue weighted by atomic mass is 10.1. The summed E-state index contributed by atoms with van der Waals surface area (Å²) in [4.78, 5) is 73.6. The highest BCUT2D eigenvalue weighted by Gasteiger charge is 2.21. The minimum Gasteiger partial charge on any atom is -0.379 e. The van der Waals surface area contributed by atoms with Crippen LogP contribution in [0.15, 0.2) is 0 Å². The fourth-order valence-corrected chi connectivity index (χ4v) is 9.11. The number of amides is 4. The topological polar surface area (TPSA) is 304 Å². The number of nitrogens with zero attached hydrogens (tertiary/aromatic N) is 3. The fraction of sp³-hybridized carbons (Fsp3) is 0.923. The number of hydrogen-bond donors (Lipinski definition) is 7. The molecule has 0 saturated carbocycles. The quantitative estimate of drug-likeness (QED) is 0.0416. The lowest BCUT2D eigenvalue weighted by molar-refractivity contribution is -0.126. The zero-order valence-corrected chi connectivity index (χ0v) is 56.3. The van der Waals surface area contributed by atoms with Crippen LogP contribution in [0.2, 0.25) is 0 Å². The molecule has 4 amide bonds. The second-order valence-electron chi connectivity index (χ2n) is 22.7. The highest BCUT2D eigenvalue weighted by atomic mass is 16.6. The Kier molecular flexibility index (Phi) is 68.4. The van der Waals surface area contributed by atoms with Crippen molar-refractivity contribution >= 4 is 29.4 Å². The third-order valence-corrected chi connectivity index (χ3v) is 14.3. The number of ketones is 1. The summed E-state index contributed by atoms with van der Waals surface area (Å²) in [5.74, 6) is -0.763. The number of carbonyl (C=O) groups is 5. The molecule has 24 nitrogen and oxygen atoms in total. The molecule has 526 valence electrons. The minimum absolute atomic E-state index is 0.0100. The molecular formula is C65H132N10O14. The van der Waals surface area contributed by atoms with E-state index in [0.717, 1.165) is 57.8 Å². The molecule has 0 bridgehead atoms. The first kappa shape index (κ1) is 85.9. The van der Waals surface area contributed by atoms with Crippen LogP contribution in [-0.2, 0) is 66.6 Å². The molecule has 0 aliphatic heterocycles. The van der Waals surface area contributed by atoms with E-state index in [4.69, 9.17) is 59.8 Å². The molecule has 0 atom stereocenters. The summed E-state index contributed by atoms with van der Waals surface area (Å²) in [6.07, 6.45) is 23.7. The number of Topliss-reactive ketones (excluding diaryl/α,β-unsaturated/α-hetero) is 1. The molecule has 0 unspecified atom stereocenters. The van der Waals surface area contributed by atoms with Crippen LogP contribution in [-0.4, -0.2) is 268 Å². The molecular weight excluding hydrogens is 1140 g/mol. The van der Waals surface area contributed by atoms with E-state index in [0.29, 0.717) is 223 Å². The first-order valence-corrected chi connectivity index (χ1v) is 34.7. The molecule has 0 radical (unpaired) electrons. The number of ether oxygens (including phenoxy) is 9. The molecule has 0 aliphatic rings. The summed E-state index contributed by atoms with van der Waals surface area (Å²) in [6.45, 7) is 18.2. The molecule has 0 aromatic heterocycles. The Balaban J connectivity index is 6.04. The van der Waals surface area contributed by atoms with Crippen LogP contribution in [0, 0.1) is 0 Å². The highest BCUT2D eigenvalue weighted by Crippen LogP contribution is 2.10. The third-order valence-electron chi connectivity index (χ3n) is 14.3. The molecule has 0 heterocycles. The van der Waals surface area contributed by atoms with Gasteiger partial charge < -0.3 is 81.1 Å². The molecule has 89 heavy (non-hydrogen) atoms. The van der Waals surface area contributed by atoms with Crippen LogP contribution >= 0.6 is 0 Å². The van der Waals surface area contributed by atoms with Gasteiger partial charge in [-0.25, -0.2) is 0 Å². The molecule has 0 rings (SSSR count). The number of rotatable bonds is 74. The number of nitrogens with one attached hydrogen (secondary N) is 4. The van der Waals surface area contributed by atoms with Gasteiger partial charge in [0.2, 0.25) is 23.6 Å². The maximum atomic E-state index is 13.7. The fourth-order valence-electron chi connectivity index (χ4n) is 9.11. The molecule has 0 spiro atoms. The summed E-state index contributed by atoms with van der Waals surface area (Å²) in [6, 6.07) is 0. The van der Waals surface area contributed by atoms with E-state index >= 15 is 0 Å². The lowest BCUT2D eigenvalue weighted by Gasteiger charge is -2.29. The molecule has 0 aromatic rings. The van der Waals surface area contributed by atoms with Gasteiger partial charge in [-0.15, -0.1) is 0 Å². The monoisotopic (exact) mass is 1280 g/mol. The molecule has 10 N–H and O–H groups in total. The van der Waals surface area contributed by atoms with Crippen molar-refractivity contribution in [2.45, 2.75) is 168 Å². The van der Waals surface area contributed by atoms with Gasteiger partial charge in [0.1, 0.15) is 5.78 Å². The number of unbranched alkanes of at least 4 members (excludes halogenated alkanes) is 15. The summed E-state index contributed by atoms with van der Waals surface area (Å²) < 4.78 is 50.3. The third kappa shape index (κ3) is 66.2. The zero-order valence-electron chi connectivity index (χ0n) is 56.3. The first-order valence-electron chi connectivity index (χ1n) is 34.7. The summed E-state index contributed by atoms with van der Waals surface area (Å²) >= 11 is 0. The van der Waals surface area contributed by atoms with E-state index in [1.165, 1.54) is 64.2 Å². The maximum absolute atomic E-state index is 13.7. The Labute approximate surface area is 538 Å². The van der Waals surface area contributed by atoms with E-state index in [1.807, 2.05) is 14.7 Å². The van der Waals surface area contributed by atoms with Crippen LogP contribution in [0.25, 0.3) is 0 Å². The van der Waals surface area contributed by atoms with Gasteiger partial charge >= 0.3 is 0 Å². The van der Waals surface area contributed by atoms with Gasteiger partial charge in [0.15, 0.2) is 0 Å². The van der Waals surface area contributed by atoms with E-state index < -0.39 is 0 Å². The van der Waals surface area contributed by atoms with Crippen molar-refractivity contribution in [3.8, 4) is 0 Å². The predicted molar refractivity (Wildman–Crippen MR) is 353 cm³/mol. The van der Waals surface area contributed by atoms with Gasteiger partial charge in [-0.3, -0.25) is 38.7 Å². The highest BCUT2D eigenvalue weighted by molar-refractivity contribution is 5.83. The molecule has 0 aromatic carbocycles. The largest absolute Gasteiger partial charge is 0.379 e. The van der Waals surface area contributed by atoms with Gasteiger partial charge in [0, 0.05) is 98.4 Å². The average molecular weight is 1280 g/mol. The lowest BCUT2D eigenvalue weighted by Crippen LogP contribution is -2.49. The summed E-state index contributed by atoms with van der Waals surface area (Å²) in [5.41, 5.74) is 16.5. The van der Waals surface area contributed by atoms with Crippen molar-refractivity contribution in [3.05, 3.63) is 0 Å². The Bertz CT molecular complexity index is 1480. The first-order chi connectivity index (χ1) is 43.7. The Morgan fingerprint density at radius 1 is 0.270 bits per heavy atom. The van der Waals surface area contributed by atoms with E-state index in [1.54, 1.807) is 0 Å². The van der Waals surface area contributed by atoms with Crippen molar-refractivity contribution in [2.24, 2.45) is 17.2 Å². The number of nitrogens with two attached hydrogens (primary N) is 3. The molecule has 24 heteroatoms. The normalized spacial score (nSPS) is 11.6. The number of carbonyl (C=O) groups excluding carboxylic acids is 5. The summed E-state index contributed by atoms with van der Waals surface area (Å²) in [7, 11) is 0.